The Morgan fingerprint density at radius 3 is 2.40 bits per heavy atom. The summed E-state index contributed by atoms with van der Waals surface area (Å²) in [6.07, 6.45) is 6.58. The van der Waals surface area contributed by atoms with E-state index in [0.29, 0.717) is 5.56 Å². The number of hydrogen-bond acceptors (Lipinski definition) is 4. The van der Waals surface area contributed by atoms with Gasteiger partial charge in [-0.3, -0.25) is 10.1 Å². The second-order valence-corrected chi connectivity index (χ2v) is 4.04. The second kappa shape index (κ2) is 5.31. The molecule has 0 saturated carbocycles. The number of carbonyl (C=O) groups excluding carboxylic acids is 1. The maximum Gasteiger partial charge on any atom is 0.258 e. The van der Waals surface area contributed by atoms with E-state index >= 15 is 0 Å². The van der Waals surface area contributed by atoms with Crippen LogP contribution in [0.25, 0.3) is 11.4 Å². The minimum absolute atomic E-state index is 0.248. The molecule has 1 aromatic carbocycles. The number of nitrogens with one attached hydrogen (secondary N) is 2. The first kappa shape index (κ1) is 12.0. The lowest BCUT2D eigenvalue weighted by Crippen LogP contribution is -2.13. The van der Waals surface area contributed by atoms with Crippen molar-refractivity contribution in [3.63, 3.8) is 0 Å². The molecule has 98 valence electrons. The van der Waals surface area contributed by atoms with Crippen molar-refractivity contribution in [2.24, 2.45) is 0 Å². The number of aromatic amines is 1. The molecule has 20 heavy (non-hydrogen) atoms. The number of anilines is 1. The molecule has 0 saturated heterocycles. The number of rotatable bonds is 3. The molecule has 0 aliphatic carbocycles. The Morgan fingerprint density at radius 2 is 1.75 bits per heavy atom. The number of carbonyl (C=O) groups is 1. The minimum atomic E-state index is -0.248. The molecule has 0 radical (unpaired) electrons. The third-order valence-electron chi connectivity index (χ3n) is 2.71. The summed E-state index contributed by atoms with van der Waals surface area (Å²) in [5, 5.41) is 2.63. The van der Waals surface area contributed by atoms with E-state index in [1.54, 1.807) is 43.0 Å². The number of amides is 1. The van der Waals surface area contributed by atoms with Crippen molar-refractivity contribution >= 4 is 11.9 Å². The smallest absolute Gasteiger partial charge is 0.258 e. The first-order valence-corrected chi connectivity index (χ1v) is 6.01. The normalized spacial score (nSPS) is 10.2. The highest BCUT2D eigenvalue weighted by atomic mass is 16.1. The van der Waals surface area contributed by atoms with Crippen LogP contribution in [0.5, 0.6) is 0 Å². The van der Waals surface area contributed by atoms with Gasteiger partial charge in [-0.05, 0) is 18.2 Å². The molecule has 0 aliphatic rings. The van der Waals surface area contributed by atoms with Crippen molar-refractivity contribution in [3.05, 3.63) is 60.7 Å². The highest BCUT2D eigenvalue weighted by Gasteiger charge is 2.08. The highest BCUT2D eigenvalue weighted by Crippen LogP contribution is 2.15. The van der Waals surface area contributed by atoms with Gasteiger partial charge < -0.3 is 4.98 Å². The van der Waals surface area contributed by atoms with Crippen molar-refractivity contribution in [1.29, 1.82) is 0 Å². The predicted octanol–water partition coefficient (Wildman–Crippen LogP) is 2.12. The molecule has 0 aliphatic heterocycles. The minimum Gasteiger partial charge on any atom is -0.345 e. The van der Waals surface area contributed by atoms with Crippen molar-refractivity contribution in [3.8, 4) is 11.4 Å². The SMILES string of the molecule is O=C(Nc1ncccn1)c1ccc(-c2ncc[nH]2)cc1. The fraction of sp³-hybridized carbons (Fsp3) is 0. The van der Waals surface area contributed by atoms with Crippen LogP contribution in [-0.2, 0) is 0 Å². The van der Waals surface area contributed by atoms with Gasteiger partial charge in [0, 0.05) is 35.9 Å². The third kappa shape index (κ3) is 2.54. The molecular weight excluding hydrogens is 254 g/mol. The van der Waals surface area contributed by atoms with Gasteiger partial charge in [0.25, 0.3) is 5.91 Å². The lowest BCUT2D eigenvalue weighted by atomic mass is 10.1. The fourth-order valence-corrected chi connectivity index (χ4v) is 1.74. The van der Waals surface area contributed by atoms with Gasteiger partial charge in [0.15, 0.2) is 0 Å². The van der Waals surface area contributed by atoms with Crippen LogP contribution in [0.4, 0.5) is 5.95 Å². The van der Waals surface area contributed by atoms with Crippen molar-refractivity contribution < 1.29 is 4.79 Å². The van der Waals surface area contributed by atoms with Gasteiger partial charge in [0.2, 0.25) is 5.95 Å². The summed E-state index contributed by atoms with van der Waals surface area (Å²) >= 11 is 0. The molecule has 0 fully saturated rings. The monoisotopic (exact) mass is 265 g/mol. The van der Waals surface area contributed by atoms with Crippen LogP contribution in [0.15, 0.2) is 55.1 Å². The average Bonchev–Trinajstić information content (AvgIpc) is 3.03. The van der Waals surface area contributed by atoms with E-state index in [9.17, 15) is 4.79 Å². The maximum atomic E-state index is 12.0. The molecule has 0 spiro atoms. The van der Waals surface area contributed by atoms with Gasteiger partial charge in [-0.1, -0.05) is 12.1 Å². The van der Waals surface area contributed by atoms with Gasteiger partial charge in [0.1, 0.15) is 5.82 Å². The number of H-pyrrole nitrogens is 1. The molecule has 2 heterocycles. The summed E-state index contributed by atoms with van der Waals surface area (Å²) < 4.78 is 0. The van der Waals surface area contributed by atoms with E-state index in [-0.39, 0.29) is 11.9 Å². The molecule has 1 amide bonds. The molecule has 2 N–H and O–H groups in total. The maximum absolute atomic E-state index is 12.0. The molecule has 6 heteroatoms. The Morgan fingerprint density at radius 1 is 1.00 bits per heavy atom. The molecule has 0 atom stereocenters. The quantitative estimate of drug-likeness (QED) is 0.759. The number of imidazole rings is 1. The zero-order valence-electron chi connectivity index (χ0n) is 10.4. The Labute approximate surface area is 114 Å². The van der Waals surface area contributed by atoms with Crippen molar-refractivity contribution in [2.45, 2.75) is 0 Å². The number of nitrogens with zero attached hydrogens (tertiary/aromatic N) is 3. The van der Waals surface area contributed by atoms with Crippen LogP contribution < -0.4 is 5.32 Å². The molecular formula is C14H11N5O. The molecule has 2 aromatic heterocycles. The summed E-state index contributed by atoms with van der Waals surface area (Å²) in [6, 6.07) is 8.82. The van der Waals surface area contributed by atoms with E-state index in [2.05, 4.69) is 25.3 Å². The zero-order chi connectivity index (χ0) is 13.8. The second-order valence-electron chi connectivity index (χ2n) is 4.04. The van der Waals surface area contributed by atoms with E-state index in [1.165, 1.54) is 0 Å². The van der Waals surface area contributed by atoms with E-state index in [4.69, 9.17) is 0 Å². The number of hydrogen-bond donors (Lipinski definition) is 2. The van der Waals surface area contributed by atoms with Crippen molar-refractivity contribution in [1.82, 2.24) is 19.9 Å². The topological polar surface area (TPSA) is 83.6 Å². The van der Waals surface area contributed by atoms with E-state index in [1.807, 2.05) is 12.1 Å². The van der Waals surface area contributed by atoms with Crippen LogP contribution >= 0.6 is 0 Å². The van der Waals surface area contributed by atoms with Crippen LogP contribution in [-0.4, -0.2) is 25.8 Å². The number of aromatic nitrogens is 4. The third-order valence-corrected chi connectivity index (χ3v) is 2.71. The Balaban J connectivity index is 1.76. The summed E-state index contributed by atoms with van der Waals surface area (Å²) in [6.45, 7) is 0. The fourth-order valence-electron chi connectivity index (χ4n) is 1.74. The Kier molecular flexibility index (Phi) is 3.20. The Bertz CT molecular complexity index is 692. The molecule has 3 rings (SSSR count). The van der Waals surface area contributed by atoms with Crippen LogP contribution in [0.3, 0.4) is 0 Å². The molecule has 0 bridgehead atoms. The first-order chi connectivity index (χ1) is 9.83. The summed E-state index contributed by atoms with van der Waals surface area (Å²) in [5.41, 5.74) is 1.45. The van der Waals surface area contributed by atoms with Gasteiger partial charge in [-0.25, -0.2) is 15.0 Å². The van der Waals surface area contributed by atoms with Crippen LogP contribution in [0.2, 0.25) is 0 Å². The molecule has 0 unspecified atom stereocenters. The first-order valence-electron chi connectivity index (χ1n) is 6.01. The lowest BCUT2D eigenvalue weighted by molar-refractivity contribution is 0.102. The lowest BCUT2D eigenvalue weighted by Gasteiger charge is -2.03. The standard InChI is InChI=1S/C14H11N5O/c20-13(19-14-17-6-1-7-18-14)11-4-2-10(3-5-11)12-15-8-9-16-12/h1-9H,(H,15,16)(H,17,18,19,20). The predicted molar refractivity (Wildman–Crippen MR) is 74.0 cm³/mol. The van der Waals surface area contributed by atoms with Crippen LogP contribution in [0.1, 0.15) is 10.4 Å². The summed E-state index contributed by atoms with van der Waals surface area (Å²) in [5.74, 6) is 0.804. The summed E-state index contributed by atoms with van der Waals surface area (Å²) in [7, 11) is 0. The molecule has 3 aromatic rings. The van der Waals surface area contributed by atoms with Gasteiger partial charge in [-0.2, -0.15) is 0 Å². The Hall–Kier alpha value is -3.02. The average molecular weight is 265 g/mol. The largest absolute Gasteiger partial charge is 0.345 e. The van der Waals surface area contributed by atoms with E-state index in [0.717, 1.165) is 11.4 Å². The summed E-state index contributed by atoms with van der Waals surface area (Å²) in [4.78, 5) is 27.0. The van der Waals surface area contributed by atoms with Gasteiger partial charge >= 0.3 is 0 Å². The van der Waals surface area contributed by atoms with Gasteiger partial charge in [-0.15, -0.1) is 0 Å². The molecule has 6 nitrogen and oxygen atoms in total. The zero-order valence-corrected chi connectivity index (χ0v) is 10.4. The van der Waals surface area contributed by atoms with Gasteiger partial charge in [0.05, 0.1) is 0 Å². The van der Waals surface area contributed by atoms with E-state index < -0.39 is 0 Å². The van der Waals surface area contributed by atoms with Crippen LogP contribution in [0, 0.1) is 0 Å². The number of benzene rings is 1. The highest BCUT2D eigenvalue weighted by molar-refractivity contribution is 6.03. The van der Waals surface area contributed by atoms with Crippen molar-refractivity contribution in [2.75, 3.05) is 5.32 Å².